The average molecular weight is 265 g/mol. The number of nitrogens with one attached hydrogen (secondary N) is 1. The van der Waals surface area contributed by atoms with Gasteiger partial charge in [0.2, 0.25) is 5.91 Å². The zero-order valence-corrected chi connectivity index (χ0v) is 11.5. The summed E-state index contributed by atoms with van der Waals surface area (Å²) >= 11 is 0. The molecule has 2 aromatic rings. The first kappa shape index (κ1) is 12.9. The summed E-state index contributed by atoms with van der Waals surface area (Å²) in [4.78, 5) is 12.3. The number of rotatable bonds is 4. The van der Waals surface area contributed by atoms with E-state index in [-0.39, 0.29) is 11.4 Å². The highest BCUT2D eigenvalue weighted by Gasteiger charge is 2.39. The minimum atomic E-state index is -0.132. The normalized spacial score (nSPS) is 16.2. The van der Waals surface area contributed by atoms with E-state index < -0.39 is 0 Å². The summed E-state index contributed by atoms with van der Waals surface area (Å²) in [5, 5.41) is 3.26. The lowest BCUT2D eigenvalue weighted by Crippen LogP contribution is -2.51. The summed E-state index contributed by atoms with van der Waals surface area (Å²) in [5.74, 6) is 0.111. The molecule has 1 amide bonds. The topological polar surface area (TPSA) is 29.1 Å². The van der Waals surface area contributed by atoms with Crippen molar-refractivity contribution in [2.75, 3.05) is 0 Å². The monoisotopic (exact) mass is 265 g/mol. The molecule has 0 radical (unpaired) electrons. The zero-order chi connectivity index (χ0) is 13.8. The number of hydrogen-bond acceptors (Lipinski definition) is 1. The molecule has 0 aromatic heterocycles. The summed E-state index contributed by atoms with van der Waals surface area (Å²) in [7, 11) is 0. The van der Waals surface area contributed by atoms with Crippen LogP contribution < -0.4 is 5.32 Å². The molecule has 1 fully saturated rings. The van der Waals surface area contributed by atoms with Crippen LogP contribution in [0, 0.1) is 0 Å². The van der Waals surface area contributed by atoms with Crippen LogP contribution in [0.25, 0.3) is 0 Å². The first-order valence-corrected chi connectivity index (χ1v) is 7.19. The Morgan fingerprint density at radius 1 is 0.950 bits per heavy atom. The average Bonchev–Trinajstić information content (AvgIpc) is 2.45. The van der Waals surface area contributed by atoms with Crippen LogP contribution in [0.3, 0.4) is 0 Å². The number of amides is 1. The highest BCUT2D eigenvalue weighted by Crippen LogP contribution is 2.41. The first-order chi connectivity index (χ1) is 9.78. The maximum absolute atomic E-state index is 12.3. The molecule has 0 heterocycles. The van der Waals surface area contributed by atoms with Gasteiger partial charge in [0.25, 0.3) is 0 Å². The van der Waals surface area contributed by atoms with Crippen molar-refractivity contribution in [2.24, 2.45) is 0 Å². The molecule has 3 rings (SSSR count). The fourth-order valence-corrected chi connectivity index (χ4v) is 2.87. The molecule has 1 saturated carbocycles. The summed E-state index contributed by atoms with van der Waals surface area (Å²) < 4.78 is 0. The molecule has 2 heteroatoms. The van der Waals surface area contributed by atoms with Gasteiger partial charge in [-0.15, -0.1) is 0 Å². The molecular formula is C18H19NO. The molecule has 1 N–H and O–H groups in total. The Morgan fingerprint density at radius 3 is 2.10 bits per heavy atom. The van der Waals surface area contributed by atoms with E-state index in [1.54, 1.807) is 0 Å². The van der Waals surface area contributed by atoms with Gasteiger partial charge >= 0.3 is 0 Å². The van der Waals surface area contributed by atoms with E-state index in [0.29, 0.717) is 6.42 Å². The van der Waals surface area contributed by atoms with Gasteiger partial charge in [0.05, 0.1) is 12.0 Å². The van der Waals surface area contributed by atoms with E-state index in [9.17, 15) is 4.79 Å². The fourth-order valence-electron chi connectivity index (χ4n) is 2.87. The standard InChI is InChI=1S/C18H19NO/c20-17(14-15-8-3-1-4-9-15)19-18(12-7-13-18)16-10-5-2-6-11-16/h1-6,8-11H,7,12-14H2,(H,19,20). The molecule has 1 aliphatic carbocycles. The molecule has 2 aromatic carbocycles. The van der Waals surface area contributed by atoms with Crippen molar-refractivity contribution < 1.29 is 4.79 Å². The predicted octanol–water partition coefficient (Wildman–Crippen LogP) is 3.42. The molecule has 0 saturated heterocycles. The number of carbonyl (C=O) groups excluding carboxylic acids is 1. The molecule has 20 heavy (non-hydrogen) atoms. The Balaban J connectivity index is 1.71. The van der Waals surface area contributed by atoms with Gasteiger partial charge in [0.1, 0.15) is 0 Å². The van der Waals surface area contributed by atoms with Gasteiger partial charge in [-0.1, -0.05) is 60.7 Å². The molecule has 0 bridgehead atoms. The van der Waals surface area contributed by atoms with Crippen molar-refractivity contribution in [1.82, 2.24) is 5.32 Å². The molecule has 1 aliphatic rings. The van der Waals surface area contributed by atoms with Crippen molar-refractivity contribution in [3.05, 3.63) is 71.8 Å². The Morgan fingerprint density at radius 2 is 1.55 bits per heavy atom. The maximum Gasteiger partial charge on any atom is 0.225 e. The second kappa shape index (κ2) is 5.49. The summed E-state index contributed by atoms with van der Waals surface area (Å²) in [6, 6.07) is 20.2. The summed E-state index contributed by atoms with van der Waals surface area (Å²) in [6.07, 6.45) is 3.71. The molecule has 0 unspecified atom stereocenters. The number of benzene rings is 2. The van der Waals surface area contributed by atoms with E-state index in [4.69, 9.17) is 0 Å². The van der Waals surface area contributed by atoms with E-state index in [0.717, 1.165) is 18.4 Å². The number of carbonyl (C=O) groups is 1. The SMILES string of the molecule is O=C(Cc1ccccc1)NC1(c2ccccc2)CCC1. The van der Waals surface area contributed by atoms with Gasteiger partial charge in [-0.3, -0.25) is 4.79 Å². The fraction of sp³-hybridized carbons (Fsp3) is 0.278. The third-order valence-corrected chi connectivity index (χ3v) is 4.12. The molecule has 0 spiro atoms. The second-order valence-corrected chi connectivity index (χ2v) is 5.51. The largest absolute Gasteiger partial charge is 0.346 e. The van der Waals surface area contributed by atoms with Crippen molar-refractivity contribution in [2.45, 2.75) is 31.2 Å². The van der Waals surface area contributed by atoms with Crippen LogP contribution in [0.1, 0.15) is 30.4 Å². The summed E-state index contributed by atoms with van der Waals surface area (Å²) in [5.41, 5.74) is 2.16. The van der Waals surface area contributed by atoms with Gasteiger partial charge in [0.15, 0.2) is 0 Å². The van der Waals surface area contributed by atoms with Crippen LogP contribution in [0.2, 0.25) is 0 Å². The lowest BCUT2D eigenvalue weighted by Gasteiger charge is -2.43. The first-order valence-electron chi connectivity index (χ1n) is 7.19. The zero-order valence-electron chi connectivity index (χ0n) is 11.5. The Bertz CT molecular complexity index is 573. The molecule has 0 aliphatic heterocycles. The van der Waals surface area contributed by atoms with Crippen LogP contribution in [-0.4, -0.2) is 5.91 Å². The second-order valence-electron chi connectivity index (χ2n) is 5.51. The van der Waals surface area contributed by atoms with E-state index in [2.05, 4.69) is 17.4 Å². The lowest BCUT2D eigenvalue weighted by atomic mass is 9.71. The smallest absolute Gasteiger partial charge is 0.225 e. The maximum atomic E-state index is 12.3. The highest BCUT2D eigenvalue weighted by molar-refractivity contribution is 5.79. The highest BCUT2D eigenvalue weighted by atomic mass is 16.1. The van der Waals surface area contributed by atoms with Crippen LogP contribution in [0.4, 0.5) is 0 Å². The predicted molar refractivity (Wildman–Crippen MR) is 80.3 cm³/mol. The summed E-state index contributed by atoms with van der Waals surface area (Å²) in [6.45, 7) is 0. The van der Waals surface area contributed by atoms with Crippen molar-refractivity contribution in [3.8, 4) is 0 Å². The van der Waals surface area contributed by atoms with Crippen molar-refractivity contribution in [1.29, 1.82) is 0 Å². The van der Waals surface area contributed by atoms with Gasteiger partial charge in [0, 0.05) is 0 Å². The van der Waals surface area contributed by atoms with Gasteiger partial charge in [-0.25, -0.2) is 0 Å². The molecule has 102 valence electrons. The molecular weight excluding hydrogens is 246 g/mol. The van der Waals surface area contributed by atoms with E-state index >= 15 is 0 Å². The third-order valence-electron chi connectivity index (χ3n) is 4.12. The van der Waals surface area contributed by atoms with E-state index in [1.165, 1.54) is 12.0 Å². The van der Waals surface area contributed by atoms with Crippen LogP contribution >= 0.6 is 0 Å². The van der Waals surface area contributed by atoms with E-state index in [1.807, 2.05) is 48.5 Å². The lowest BCUT2D eigenvalue weighted by molar-refractivity contribution is -0.123. The Kier molecular flexibility index (Phi) is 3.55. The van der Waals surface area contributed by atoms with Crippen LogP contribution in [0.15, 0.2) is 60.7 Å². The Hall–Kier alpha value is -2.09. The van der Waals surface area contributed by atoms with Crippen LogP contribution in [0.5, 0.6) is 0 Å². The Labute approximate surface area is 119 Å². The quantitative estimate of drug-likeness (QED) is 0.901. The van der Waals surface area contributed by atoms with Gasteiger partial charge in [-0.2, -0.15) is 0 Å². The van der Waals surface area contributed by atoms with Gasteiger partial charge < -0.3 is 5.32 Å². The third kappa shape index (κ3) is 2.60. The van der Waals surface area contributed by atoms with Crippen molar-refractivity contribution >= 4 is 5.91 Å². The minimum absolute atomic E-state index is 0.111. The number of hydrogen-bond donors (Lipinski definition) is 1. The van der Waals surface area contributed by atoms with Gasteiger partial charge in [-0.05, 0) is 30.4 Å². The van der Waals surface area contributed by atoms with Crippen molar-refractivity contribution in [3.63, 3.8) is 0 Å². The minimum Gasteiger partial charge on any atom is -0.346 e. The van der Waals surface area contributed by atoms with Crippen LogP contribution in [-0.2, 0) is 16.8 Å². The molecule has 2 nitrogen and oxygen atoms in total. The molecule has 0 atom stereocenters.